The van der Waals surface area contributed by atoms with E-state index < -0.39 is 22.2 Å². The average Bonchev–Trinajstić information content (AvgIpc) is 2.76. The summed E-state index contributed by atoms with van der Waals surface area (Å²) in [5.74, 6) is 0.405. The minimum atomic E-state index is -4.44. The van der Waals surface area contributed by atoms with Crippen LogP contribution in [-0.2, 0) is 19.1 Å². The highest BCUT2D eigenvalue weighted by molar-refractivity contribution is 5.81. The smallest absolute Gasteiger partial charge is 0.324 e. The molecule has 6 nitrogen and oxygen atoms in total. The number of hydrogen-bond acceptors (Lipinski definition) is 4. The first-order valence-electron chi connectivity index (χ1n) is 9.60. The molecule has 3 aromatic carbocycles. The third kappa shape index (κ3) is 4.36. The Morgan fingerprint density at radius 1 is 0.938 bits per heavy atom. The average molecular weight is 439 g/mol. The van der Waals surface area contributed by atoms with Crippen molar-refractivity contribution in [2.45, 2.75) is 19.1 Å². The molecule has 0 unspecified atom stereocenters. The van der Waals surface area contributed by atoms with Gasteiger partial charge < -0.3 is 4.57 Å². The third-order valence-corrected chi connectivity index (χ3v) is 5.08. The molecule has 0 N–H and O–H groups in total. The lowest BCUT2D eigenvalue weighted by Gasteiger charge is -2.17. The molecule has 1 aromatic heterocycles. The Hall–Kier alpha value is -4.01. The van der Waals surface area contributed by atoms with Crippen molar-refractivity contribution >= 4 is 16.6 Å². The first-order chi connectivity index (χ1) is 15.2. The van der Waals surface area contributed by atoms with Crippen LogP contribution in [0.25, 0.3) is 10.9 Å². The molecule has 4 aromatic rings. The van der Waals surface area contributed by atoms with Crippen molar-refractivity contribution in [2.24, 2.45) is 0 Å². The first-order valence-corrected chi connectivity index (χ1v) is 9.60. The number of fused-ring (bicyclic) bond motifs is 1. The molecule has 4 rings (SSSR count). The van der Waals surface area contributed by atoms with Crippen molar-refractivity contribution in [3.05, 3.63) is 116 Å². The topological polar surface area (TPSA) is 78.0 Å². The van der Waals surface area contributed by atoms with E-state index in [1.54, 1.807) is 4.57 Å². The van der Waals surface area contributed by atoms with Crippen molar-refractivity contribution in [1.82, 2.24) is 9.55 Å². The number of benzene rings is 3. The number of hydrogen-bond donors (Lipinski definition) is 0. The zero-order valence-electron chi connectivity index (χ0n) is 16.5. The van der Waals surface area contributed by atoms with Gasteiger partial charge in [0.2, 0.25) is 0 Å². The highest BCUT2D eigenvalue weighted by Gasteiger charge is 2.30. The Balaban J connectivity index is 1.84. The molecular weight excluding hydrogens is 423 g/mol. The molecule has 32 heavy (non-hydrogen) atoms. The number of nitro groups is 1. The van der Waals surface area contributed by atoms with Gasteiger partial charge in [0.25, 0.3) is 11.2 Å². The van der Waals surface area contributed by atoms with Crippen LogP contribution in [0.3, 0.4) is 0 Å². The highest BCUT2D eigenvalue weighted by atomic mass is 19.4. The van der Waals surface area contributed by atoms with Crippen molar-refractivity contribution in [2.75, 3.05) is 0 Å². The third-order valence-electron chi connectivity index (χ3n) is 5.08. The van der Waals surface area contributed by atoms with E-state index in [1.165, 1.54) is 30.3 Å². The fourth-order valence-electron chi connectivity index (χ4n) is 3.49. The van der Waals surface area contributed by atoms with Gasteiger partial charge in [-0.1, -0.05) is 42.5 Å². The van der Waals surface area contributed by atoms with E-state index in [9.17, 15) is 28.1 Å². The molecule has 1 heterocycles. The summed E-state index contributed by atoms with van der Waals surface area (Å²) in [6.07, 6.45) is -4.13. The van der Waals surface area contributed by atoms with Crippen molar-refractivity contribution < 1.29 is 18.1 Å². The predicted molar refractivity (Wildman–Crippen MR) is 112 cm³/mol. The number of non-ortho nitro benzene ring substituents is 1. The van der Waals surface area contributed by atoms with Gasteiger partial charge in [-0.15, -0.1) is 0 Å². The molecule has 0 saturated carbocycles. The van der Waals surface area contributed by atoms with Crippen LogP contribution in [0.2, 0.25) is 0 Å². The largest absolute Gasteiger partial charge is 0.416 e. The highest BCUT2D eigenvalue weighted by Crippen LogP contribution is 2.29. The molecule has 9 heteroatoms. The quantitative estimate of drug-likeness (QED) is 0.325. The first kappa shape index (κ1) is 21.2. The van der Waals surface area contributed by atoms with Gasteiger partial charge >= 0.3 is 6.18 Å². The summed E-state index contributed by atoms with van der Waals surface area (Å²) in [5.41, 5.74) is 0.275. The number of aromatic nitrogens is 2. The van der Waals surface area contributed by atoms with E-state index in [4.69, 9.17) is 0 Å². The van der Waals surface area contributed by atoms with Crippen LogP contribution in [0.1, 0.15) is 22.5 Å². The Bertz CT molecular complexity index is 1350. The molecule has 0 aliphatic carbocycles. The molecule has 0 saturated heterocycles. The summed E-state index contributed by atoms with van der Waals surface area (Å²) >= 11 is 0. The van der Waals surface area contributed by atoms with Crippen molar-refractivity contribution in [1.29, 1.82) is 0 Å². The molecule has 0 spiro atoms. The molecule has 0 aliphatic rings. The lowest BCUT2D eigenvalue weighted by molar-refractivity contribution is -0.384. The maximum Gasteiger partial charge on any atom is 0.416 e. The van der Waals surface area contributed by atoms with E-state index in [2.05, 4.69) is 4.98 Å². The predicted octanol–water partition coefficient (Wildman–Crippen LogP) is 4.96. The minimum Gasteiger partial charge on any atom is -0.324 e. The Labute approximate surface area is 179 Å². The molecule has 0 bridgehead atoms. The van der Waals surface area contributed by atoms with Crippen LogP contribution in [0, 0.1) is 10.1 Å². The molecular formula is C23H16F3N3O3. The number of rotatable bonds is 5. The van der Waals surface area contributed by atoms with Gasteiger partial charge in [0.15, 0.2) is 0 Å². The number of halogens is 3. The van der Waals surface area contributed by atoms with Gasteiger partial charge in [-0.2, -0.15) is 18.2 Å². The van der Waals surface area contributed by atoms with Crippen LogP contribution in [0.4, 0.5) is 18.9 Å². The monoisotopic (exact) mass is 439 g/mol. The van der Waals surface area contributed by atoms with Gasteiger partial charge in [0.1, 0.15) is 5.82 Å². The number of alkyl halides is 3. The van der Waals surface area contributed by atoms with Crippen LogP contribution >= 0.6 is 0 Å². The van der Waals surface area contributed by atoms with Gasteiger partial charge in [-0.3, -0.25) is 14.9 Å². The molecule has 162 valence electrons. The fraction of sp³-hybridized carbons (Fsp3) is 0.130. The summed E-state index contributed by atoms with van der Waals surface area (Å²) in [7, 11) is 0. The molecule has 0 radical (unpaired) electrons. The SMILES string of the molecule is O=c1nc(Cc2ccccc2)n(Cc2ccc(C(F)(F)F)cc2)c2ccc([N+](=O)[O-])cc12. The van der Waals surface area contributed by atoms with Crippen LogP contribution < -0.4 is 5.56 Å². The van der Waals surface area contributed by atoms with Crippen molar-refractivity contribution in [3.8, 4) is 0 Å². The van der Waals surface area contributed by atoms with Gasteiger partial charge in [-0.25, -0.2) is 0 Å². The Kier molecular flexibility index (Phi) is 5.48. The van der Waals surface area contributed by atoms with Gasteiger partial charge in [0, 0.05) is 25.1 Å². The maximum absolute atomic E-state index is 12.9. The maximum atomic E-state index is 12.9. The second-order valence-electron chi connectivity index (χ2n) is 7.23. The standard InChI is InChI=1S/C23H16F3N3O3/c24-23(25,26)17-8-6-16(7-9-17)14-28-20-11-10-18(29(31)32)13-19(20)22(30)27-21(28)12-15-4-2-1-3-5-15/h1-11,13H,12,14H2. The summed E-state index contributed by atoms with van der Waals surface area (Å²) in [4.78, 5) is 27.3. The second kappa shape index (κ2) is 8.26. The molecule has 0 aliphatic heterocycles. The summed E-state index contributed by atoms with van der Waals surface area (Å²) in [6.45, 7) is 0.141. The molecule has 0 atom stereocenters. The zero-order chi connectivity index (χ0) is 22.9. The van der Waals surface area contributed by atoms with E-state index in [1.807, 2.05) is 30.3 Å². The number of nitrogens with zero attached hydrogens (tertiary/aromatic N) is 3. The summed E-state index contributed by atoms with van der Waals surface area (Å²) in [5, 5.41) is 11.2. The lowest BCUT2D eigenvalue weighted by Crippen LogP contribution is -2.20. The van der Waals surface area contributed by atoms with E-state index in [0.29, 0.717) is 23.3 Å². The van der Waals surface area contributed by atoms with Crippen LogP contribution in [0.15, 0.2) is 77.6 Å². The van der Waals surface area contributed by atoms with E-state index >= 15 is 0 Å². The molecule has 0 fully saturated rings. The minimum absolute atomic E-state index is 0.0722. The summed E-state index contributed by atoms with van der Waals surface area (Å²) in [6, 6.07) is 17.9. The number of nitro benzene ring substituents is 1. The van der Waals surface area contributed by atoms with Gasteiger partial charge in [-0.05, 0) is 29.3 Å². The Morgan fingerprint density at radius 2 is 1.62 bits per heavy atom. The molecule has 0 amide bonds. The normalized spacial score (nSPS) is 11.6. The zero-order valence-corrected chi connectivity index (χ0v) is 16.5. The van der Waals surface area contributed by atoms with Crippen LogP contribution in [0.5, 0.6) is 0 Å². The van der Waals surface area contributed by atoms with Crippen molar-refractivity contribution in [3.63, 3.8) is 0 Å². The fourth-order valence-corrected chi connectivity index (χ4v) is 3.49. The van der Waals surface area contributed by atoms with E-state index in [0.717, 1.165) is 17.7 Å². The Morgan fingerprint density at radius 3 is 2.25 bits per heavy atom. The lowest BCUT2D eigenvalue weighted by atomic mass is 10.1. The second-order valence-corrected chi connectivity index (χ2v) is 7.23. The van der Waals surface area contributed by atoms with E-state index in [-0.39, 0.29) is 17.6 Å². The summed E-state index contributed by atoms with van der Waals surface area (Å²) < 4.78 is 40.4. The van der Waals surface area contributed by atoms with Gasteiger partial charge in [0.05, 0.1) is 21.4 Å². The van der Waals surface area contributed by atoms with Crippen LogP contribution in [-0.4, -0.2) is 14.5 Å².